The molecule has 1 aliphatic heterocycles. The summed E-state index contributed by atoms with van der Waals surface area (Å²) in [7, 11) is 0. The molecule has 0 fully saturated rings. The van der Waals surface area contributed by atoms with Gasteiger partial charge in [-0.1, -0.05) is 6.07 Å². The smallest absolute Gasteiger partial charge is 0.147 e. The lowest BCUT2D eigenvalue weighted by molar-refractivity contribution is 0.642. The topological polar surface area (TPSA) is 42.7 Å². The van der Waals surface area contributed by atoms with Crippen LogP contribution in [0.3, 0.4) is 0 Å². The summed E-state index contributed by atoms with van der Waals surface area (Å²) in [4.78, 5) is 4.14. The Kier molecular flexibility index (Phi) is 2.22. The molecule has 0 spiro atoms. The molecule has 0 bridgehead atoms. The van der Waals surface area contributed by atoms with Crippen LogP contribution in [0.1, 0.15) is 17.0 Å². The maximum Gasteiger partial charge on any atom is 0.147 e. The van der Waals surface area contributed by atoms with Crippen molar-refractivity contribution in [2.24, 2.45) is 0 Å². The number of rotatable bonds is 1. The van der Waals surface area contributed by atoms with Gasteiger partial charge in [0.1, 0.15) is 12.2 Å². The van der Waals surface area contributed by atoms with Gasteiger partial charge in [0.2, 0.25) is 0 Å². The fourth-order valence-electron chi connectivity index (χ4n) is 2.08. The highest BCUT2D eigenvalue weighted by Crippen LogP contribution is 2.17. The second-order valence-corrected chi connectivity index (χ2v) is 4.12. The van der Waals surface area contributed by atoms with E-state index in [-0.39, 0.29) is 0 Å². The zero-order chi connectivity index (χ0) is 11.0. The van der Waals surface area contributed by atoms with Crippen LogP contribution in [0.4, 0.5) is 0 Å². The van der Waals surface area contributed by atoms with Gasteiger partial charge in [0.05, 0.1) is 5.69 Å². The van der Waals surface area contributed by atoms with E-state index in [4.69, 9.17) is 0 Å². The molecule has 82 valence electrons. The van der Waals surface area contributed by atoms with Crippen molar-refractivity contribution in [1.82, 2.24) is 20.1 Å². The van der Waals surface area contributed by atoms with E-state index < -0.39 is 0 Å². The van der Waals surface area contributed by atoms with Gasteiger partial charge in [0.15, 0.2) is 0 Å². The molecular formula is C12H14N4. The highest BCUT2D eigenvalue weighted by Gasteiger charge is 2.09. The molecule has 0 unspecified atom stereocenters. The van der Waals surface area contributed by atoms with Crippen molar-refractivity contribution in [3.63, 3.8) is 0 Å². The molecule has 1 aromatic heterocycles. The van der Waals surface area contributed by atoms with E-state index in [2.05, 4.69) is 33.6 Å². The summed E-state index contributed by atoms with van der Waals surface area (Å²) in [6.07, 6.45) is 2.87. The molecule has 4 heteroatoms. The van der Waals surface area contributed by atoms with Crippen LogP contribution in [-0.4, -0.2) is 21.3 Å². The van der Waals surface area contributed by atoms with Crippen LogP contribution in [0.5, 0.6) is 0 Å². The van der Waals surface area contributed by atoms with E-state index in [9.17, 15) is 0 Å². The van der Waals surface area contributed by atoms with Gasteiger partial charge >= 0.3 is 0 Å². The molecule has 0 aliphatic carbocycles. The largest absolute Gasteiger partial charge is 0.312 e. The second kappa shape index (κ2) is 3.72. The number of nitrogens with zero attached hydrogens (tertiary/aromatic N) is 3. The van der Waals surface area contributed by atoms with Crippen LogP contribution in [0.25, 0.3) is 5.69 Å². The Bertz CT molecular complexity index is 515. The Morgan fingerprint density at radius 1 is 1.31 bits per heavy atom. The van der Waals surface area contributed by atoms with Crippen LogP contribution in [0.15, 0.2) is 24.5 Å². The fourth-order valence-corrected chi connectivity index (χ4v) is 2.08. The number of aryl methyl sites for hydroxylation is 1. The average molecular weight is 214 g/mol. The lowest BCUT2D eigenvalue weighted by Gasteiger charge is -2.17. The maximum atomic E-state index is 4.31. The second-order valence-electron chi connectivity index (χ2n) is 4.12. The Hall–Kier alpha value is -1.68. The highest BCUT2D eigenvalue weighted by molar-refractivity contribution is 5.41. The standard InChI is InChI=1S/C12H14N4/c1-9-14-8-16(15-9)12-3-2-10-4-5-13-7-11(10)6-12/h2-3,6,8,13H,4-5,7H2,1H3. The molecule has 2 aromatic rings. The molecule has 0 amide bonds. The first-order valence-corrected chi connectivity index (χ1v) is 5.54. The van der Waals surface area contributed by atoms with Crippen LogP contribution in [-0.2, 0) is 13.0 Å². The third-order valence-electron chi connectivity index (χ3n) is 2.95. The molecule has 0 saturated carbocycles. The molecular weight excluding hydrogens is 200 g/mol. The predicted octanol–water partition coefficient (Wildman–Crippen LogP) is 1.22. The summed E-state index contributed by atoms with van der Waals surface area (Å²) in [5.74, 6) is 0.802. The monoisotopic (exact) mass is 214 g/mol. The molecule has 16 heavy (non-hydrogen) atoms. The van der Waals surface area contributed by atoms with E-state index in [0.717, 1.165) is 31.0 Å². The summed E-state index contributed by atoms with van der Waals surface area (Å²) in [5.41, 5.74) is 3.90. The average Bonchev–Trinajstić information content (AvgIpc) is 2.75. The van der Waals surface area contributed by atoms with Crippen molar-refractivity contribution in [2.75, 3.05) is 6.54 Å². The lowest BCUT2D eigenvalue weighted by atomic mass is 10.0. The van der Waals surface area contributed by atoms with Crippen molar-refractivity contribution in [2.45, 2.75) is 19.9 Å². The molecule has 4 nitrogen and oxygen atoms in total. The quantitative estimate of drug-likeness (QED) is 0.776. The van der Waals surface area contributed by atoms with Crippen molar-refractivity contribution in [1.29, 1.82) is 0 Å². The van der Waals surface area contributed by atoms with Crippen molar-refractivity contribution in [3.8, 4) is 5.69 Å². The predicted molar refractivity (Wildman–Crippen MR) is 61.5 cm³/mol. The number of nitrogens with one attached hydrogen (secondary N) is 1. The molecule has 1 N–H and O–H groups in total. The van der Waals surface area contributed by atoms with Gasteiger partial charge in [-0.05, 0) is 43.1 Å². The van der Waals surface area contributed by atoms with Crippen molar-refractivity contribution >= 4 is 0 Å². The highest BCUT2D eigenvalue weighted by atomic mass is 15.3. The first-order valence-electron chi connectivity index (χ1n) is 5.54. The van der Waals surface area contributed by atoms with Gasteiger partial charge in [-0.15, -0.1) is 0 Å². The summed E-state index contributed by atoms with van der Waals surface area (Å²) < 4.78 is 1.82. The summed E-state index contributed by atoms with van der Waals surface area (Å²) >= 11 is 0. The van der Waals surface area contributed by atoms with E-state index in [1.165, 1.54) is 11.1 Å². The third kappa shape index (κ3) is 1.61. The minimum atomic E-state index is 0.802. The zero-order valence-corrected chi connectivity index (χ0v) is 9.27. The van der Waals surface area contributed by atoms with E-state index in [0.29, 0.717) is 0 Å². The summed E-state index contributed by atoms with van der Waals surface area (Å²) in [6.45, 7) is 3.93. The molecule has 0 radical (unpaired) electrons. The fraction of sp³-hybridized carbons (Fsp3) is 0.333. The van der Waals surface area contributed by atoms with Crippen LogP contribution in [0, 0.1) is 6.92 Å². The van der Waals surface area contributed by atoms with E-state index >= 15 is 0 Å². The minimum Gasteiger partial charge on any atom is -0.312 e. The van der Waals surface area contributed by atoms with Crippen LogP contribution < -0.4 is 5.32 Å². The maximum absolute atomic E-state index is 4.31. The van der Waals surface area contributed by atoms with Crippen LogP contribution >= 0.6 is 0 Å². The third-order valence-corrected chi connectivity index (χ3v) is 2.95. The Morgan fingerprint density at radius 2 is 2.25 bits per heavy atom. The normalized spacial score (nSPS) is 14.8. The molecule has 1 aromatic carbocycles. The zero-order valence-electron chi connectivity index (χ0n) is 9.27. The summed E-state index contributed by atoms with van der Waals surface area (Å²) in [6, 6.07) is 6.50. The number of benzene rings is 1. The molecule has 1 aliphatic rings. The van der Waals surface area contributed by atoms with Gasteiger partial charge in [-0.25, -0.2) is 9.67 Å². The Balaban J connectivity index is 2.02. The van der Waals surface area contributed by atoms with Gasteiger partial charge in [-0.3, -0.25) is 0 Å². The van der Waals surface area contributed by atoms with Crippen molar-refractivity contribution in [3.05, 3.63) is 41.5 Å². The number of hydrogen-bond donors (Lipinski definition) is 1. The minimum absolute atomic E-state index is 0.802. The Morgan fingerprint density at radius 3 is 3.06 bits per heavy atom. The number of fused-ring (bicyclic) bond motifs is 1. The molecule has 2 heterocycles. The number of aromatic nitrogens is 3. The van der Waals surface area contributed by atoms with Gasteiger partial charge in [0, 0.05) is 6.54 Å². The van der Waals surface area contributed by atoms with Gasteiger partial charge in [0.25, 0.3) is 0 Å². The van der Waals surface area contributed by atoms with E-state index in [1.54, 1.807) is 6.33 Å². The molecule has 3 rings (SSSR count). The first kappa shape index (κ1) is 9.54. The number of hydrogen-bond acceptors (Lipinski definition) is 3. The van der Waals surface area contributed by atoms with Gasteiger partial charge in [-0.2, -0.15) is 5.10 Å². The van der Waals surface area contributed by atoms with Crippen molar-refractivity contribution < 1.29 is 0 Å². The lowest BCUT2D eigenvalue weighted by Crippen LogP contribution is -2.23. The van der Waals surface area contributed by atoms with Gasteiger partial charge < -0.3 is 5.32 Å². The summed E-state index contributed by atoms with van der Waals surface area (Å²) in [5, 5.41) is 7.69. The first-order chi connectivity index (χ1) is 7.83. The SMILES string of the molecule is Cc1ncn(-c2ccc3c(c2)CNCC3)n1. The molecule has 0 atom stereocenters. The Labute approximate surface area is 94.3 Å². The van der Waals surface area contributed by atoms with E-state index in [1.807, 2.05) is 11.6 Å². The molecule has 0 saturated heterocycles. The van der Waals surface area contributed by atoms with Crippen LogP contribution in [0.2, 0.25) is 0 Å².